The summed E-state index contributed by atoms with van der Waals surface area (Å²) in [5, 5.41) is 0. The summed E-state index contributed by atoms with van der Waals surface area (Å²) in [6, 6.07) is 0. The number of hydrogen-bond donors (Lipinski definition) is 0. The van der Waals surface area contributed by atoms with E-state index < -0.39 is 10.4 Å². The van der Waals surface area contributed by atoms with Crippen molar-refractivity contribution in [1.82, 2.24) is 0 Å². The molecule has 4 nitrogen and oxygen atoms in total. The Morgan fingerprint density at radius 2 is 2.10 bits per heavy atom. The molecule has 10 heavy (non-hydrogen) atoms. The average Bonchev–Trinajstić information content (AvgIpc) is 1.63. The minimum absolute atomic E-state index is 0. The molecule has 0 saturated carbocycles. The zero-order chi connectivity index (χ0) is 7.33. The molecule has 1 radical (unpaired) electrons. The summed E-state index contributed by atoms with van der Waals surface area (Å²) in [4.78, 5) is 0. The van der Waals surface area contributed by atoms with Crippen molar-refractivity contribution in [2.24, 2.45) is 0 Å². The van der Waals surface area contributed by atoms with Gasteiger partial charge in [-0.3, -0.25) is 0 Å². The molecule has 0 aliphatic rings. The van der Waals surface area contributed by atoms with Crippen LogP contribution in [0.1, 0.15) is 0 Å². The van der Waals surface area contributed by atoms with Crippen LogP contribution < -0.4 is 0 Å². The summed E-state index contributed by atoms with van der Waals surface area (Å²) in [5.41, 5.74) is 0. The Morgan fingerprint density at radius 3 is 2.40 bits per heavy atom. The van der Waals surface area contributed by atoms with Gasteiger partial charge in [0.25, 0.3) is 0 Å². The third-order valence-corrected chi connectivity index (χ3v) is 0.615. The molecule has 0 aromatic carbocycles. The monoisotopic (exact) mass is 287 g/mol. The van der Waals surface area contributed by atoms with Gasteiger partial charge in [0.15, 0.2) is 0 Å². The molecule has 0 aromatic heterocycles. The quantitative estimate of drug-likeness (QED) is 0.236. The van der Waals surface area contributed by atoms with Crippen LogP contribution in [0, 0.1) is 54.6 Å². The van der Waals surface area contributed by atoms with Gasteiger partial charge in [-0.2, -0.15) is 6.26 Å². The van der Waals surface area contributed by atoms with Gasteiger partial charge in [-0.15, -0.1) is 0 Å². The predicted molar refractivity (Wildman–Crippen MR) is 27.5 cm³/mol. The molecule has 0 fully saturated rings. The summed E-state index contributed by atoms with van der Waals surface area (Å²) >= 11 is 0. The van der Waals surface area contributed by atoms with Crippen molar-refractivity contribution in [3.63, 3.8) is 0 Å². The van der Waals surface area contributed by atoms with Gasteiger partial charge in [0, 0.05) is 0 Å². The molecular formula is C4H3CeO4S. The van der Waals surface area contributed by atoms with E-state index >= 15 is 0 Å². The minimum Gasteiger partial charge on any atom is -0.717 e. The molecular weight excluding hydrogens is 284 g/mol. The van der Waals surface area contributed by atoms with Crippen molar-refractivity contribution in [2.45, 2.75) is 0 Å². The van der Waals surface area contributed by atoms with Crippen LogP contribution in [0.25, 0.3) is 0 Å². The Morgan fingerprint density at radius 1 is 1.60 bits per heavy atom. The molecule has 6 heteroatoms. The van der Waals surface area contributed by atoms with Crippen LogP contribution in [-0.4, -0.2) is 13.0 Å². The van der Waals surface area contributed by atoms with Crippen molar-refractivity contribution >= 4 is 10.4 Å². The van der Waals surface area contributed by atoms with Gasteiger partial charge in [0.2, 0.25) is 10.4 Å². The number of hydrogen-bond acceptors (Lipinski definition) is 4. The van der Waals surface area contributed by atoms with E-state index in [2.05, 4.69) is 4.18 Å². The maximum absolute atomic E-state index is 9.59. The fourth-order valence-electron chi connectivity index (χ4n) is 0.126. The standard InChI is InChI=1S/C4H4O4S.Ce/c1-2-3-4-8-9(5,6)7;/h1-3H,(H,5,6,7);/q-2;+3/p-1. The number of allylic oxidation sites excluding steroid dienone is 2. The molecule has 0 bridgehead atoms. The van der Waals surface area contributed by atoms with Gasteiger partial charge < -0.3 is 27.5 Å². The number of rotatable bonds is 3. The first-order valence-corrected chi connectivity index (χ1v) is 3.16. The maximum Gasteiger partial charge on any atom is 3.00 e. The molecule has 0 unspecified atom stereocenters. The fraction of sp³-hybridized carbons (Fsp3) is 0. The first-order valence-electron chi connectivity index (χ1n) is 1.83. The van der Waals surface area contributed by atoms with Gasteiger partial charge in [0.1, 0.15) is 0 Å². The van der Waals surface area contributed by atoms with Gasteiger partial charge in [-0.1, -0.05) is 0 Å². The minimum atomic E-state index is -4.66. The first-order chi connectivity index (χ1) is 4.06. The van der Waals surface area contributed by atoms with Crippen molar-refractivity contribution in [1.29, 1.82) is 0 Å². The molecule has 0 atom stereocenters. The van der Waals surface area contributed by atoms with Crippen LogP contribution in [0.3, 0.4) is 0 Å². The third-order valence-electron chi connectivity index (χ3n) is 0.314. The topological polar surface area (TPSA) is 66.4 Å². The summed E-state index contributed by atoms with van der Waals surface area (Å²) < 4.78 is 32.2. The van der Waals surface area contributed by atoms with Crippen molar-refractivity contribution in [3.8, 4) is 0 Å². The molecule has 0 saturated heterocycles. The summed E-state index contributed by atoms with van der Waals surface area (Å²) in [7, 11) is -4.66. The third kappa shape index (κ3) is 11.4. The fourth-order valence-corrected chi connectivity index (χ4v) is 0.299. The average molecular weight is 287 g/mol. The normalized spacial score (nSPS) is 10.5. The molecule has 0 heterocycles. The van der Waals surface area contributed by atoms with E-state index in [1.165, 1.54) is 0 Å². The predicted octanol–water partition coefficient (Wildman–Crippen LogP) is -0.231. The van der Waals surface area contributed by atoms with E-state index in [-0.39, 0.29) is 41.7 Å². The van der Waals surface area contributed by atoms with E-state index in [0.29, 0.717) is 0 Å². The van der Waals surface area contributed by atoms with Crippen molar-refractivity contribution < 1.29 is 58.9 Å². The summed E-state index contributed by atoms with van der Waals surface area (Å²) in [6.07, 6.45) is 3.60. The SMILES string of the molecule is [CH-]=CC=[C-]OS(=O)(=O)[O-].[Ce+3]. The molecule has 53 valence electrons. The van der Waals surface area contributed by atoms with Crippen LogP contribution in [0.5, 0.6) is 0 Å². The van der Waals surface area contributed by atoms with E-state index in [1.807, 2.05) is 0 Å². The Balaban J connectivity index is 0. The van der Waals surface area contributed by atoms with E-state index in [0.717, 1.165) is 12.2 Å². The van der Waals surface area contributed by atoms with Crippen LogP contribution in [0.4, 0.5) is 0 Å². The summed E-state index contributed by atoms with van der Waals surface area (Å²) in [6.45, 7) is 4.74. The second-order valence-corrected chi connectivity index (χ2v) is 1.95. The van der Waals surface area contributed by atoms with Crippen molar-refractivity contribution in [3.05, 3.63) is 25.0 Å². The second-order valence-electron chi connectivity index (χ2n) is 0.969. The largest absolute Gasteiger partial charge is 3.00 e. The van der Waals surface area contributed by atoms with E-state index in [1.54, 1.807) is 6.26 Å². The van der Waals surface area contributed by atoms with E-state index in [9.17, 15) is 13.0 Å². The molecule has 0 spiro atoms. The molecule has 0 amide bonds. The zero-order valence-electron chi connectivity index (χ0n) is 4.77. The summed E-state index contributed by atoms with van der Waals surface area (Å²) in [5.74, 6) is 0. The first kappa shape index (κ1) is 13.2. The van der Waals surface area contributed by atoms with Gasteiger partial charge in [-0.05, 0) is 0 Å². The van der Waals surface area contributed by atoms with Crippen LogP contribution >= 0.6 is 0 Å². The van der Waals surface area contributed by atoms with Gasteiger partial charge >= 0.3 is 41.7 Å². The molecule has 0 aliphatic carbocycles. The molecule has 0 rings (SSSR count). The Bertz CT molecular complexity index is 205. The van der Waals surface area contributed by atoms with Crippen LogP contribution in [0.2, 0.25) is 0 Å². The van der Waals surface area contributed by atoms with E-state index in [4.69, 9.17) is 6.58 Å². The maximum atomic E-state index is 9.59. The van der Waals surface area contributed by atoms with Gasteiger partial charge in [-0.25, -0.2) is 8.42 Å². The molecule has 0 N–H and O–H groups in total. The second kappa shape index (κ2) is 6.29. The van der Waals surface area contributed by atoms with Crippen LogP contribution in [0.15, 0.2) is 12.2 Å². The smallest absolute Gasteiger partial charge is 0.717 e. The molecule has 0 aliphatic heterocycles. The Hall–Kier alpha value is 0.567. The zero-order valence-corrected chi connectivity index (χ0v) is 8.73. The van der Waals surface area contributed by atoms with Crippen LogP contribution in [-0.2, 0) is 14.6 Å². The Labute approximate surface area is 93.3 Å². The van der Waals surface area contributed by atoms with Crippen molar-refractivity contribution in [2.75, 3.05) is 0 Å². The van der Waals surface area contributed by atoms with Gasteiger partial charge in [0.05, 0.1) is 0 Å². The molecule has 0 aromatic rings. The Kier molecular flexibility index (Phi) is 8.29.